The summed E-state index contributed by atoms with van der Waals surface area (Å²) in [5.41, 5.74) is 6.59. The van der Waals surface area contributed by atoms with Crippen LogP contribution in [0.2, 0.25) is 0 Å². The Morgan fingerprint density at radius 1 is 0.559 bits per heavy atom. The van der Waals surface area contributed by atoms with Crippen molar-refractivity contribution in [2.45, 2.75) is 13.8 Å². The molecule has 2 aromatic carbocycles. The highest BCUT2D eigenvalue weighted by atomic mass is 16.5. The Kier molecular flexibility index (Phi) is 6.16. The number of hydrogen-bond donors (Lipinski definition) is 0. The van der Waals surface area contributed by atoms with Gasteiger partial charge in [0.25, 0.3) is 11.4 Å². The van der Waals surface area contributed by atoms with Crippen LogP contribution in [-0.2, 0) is 0 Å². The molecule has 0 aliphatic carbocycles. The number of aromatic nitrogens is 2. The third-order valence-corrected chi connectivity index (χ3v) is 6.20. The summed E-state index contributed by atoms with van der Waals surface area (Å²) >= 11 is 0. The molecule has 0 spiro atoms. The van der Waals surface area contributed by atoms with Crippen LogP contribution in [0.3, 0.4) is 0 Å². The monoisotopic (exact) mass is 454 g/mol. The van der Waals surface area contributed by atoms with Crippen molar-refractivity contribution in [1.29, 1.82) is 0 Å². The maximum absolute atomic E-state index is 13.9. The van der Waals surface area contributed by atoms with Crippen molar-refractivity contribution in [1.82, 2.24) is 0 Å². The number of anilines is 2. The summed E-state index contributed by atoms with van der Waals surface area (Å²) in [6.45, 7) is 3.80. The second-order valence-corrected chi connectivity index (χ2v) is 8.89. The Morgan fingerprint density at radius 2 is 0.882 bits per heavy atom. The molecule has 174 valence electrons. The highest BCUT2D eigenvalue weighted by Gasteiger charge is 2.33. The predicted octanol–water partition coefficient (Wildman–Crippen LogP) is 4.70. The van der Waals surface area contributed by atoms with E-state index in [0.717, 1.165) is 43.1 Å². The summed E-state index contributed by atoms with van der Waals surface area (Å²) in [7, 11) is 7.78. The number of nitrogens with zero attached hydrogens (tertiary/aromatic N) is 4. The van der Waals surface area contributed by atoms with Gasteiger partial charge in [-0.3, -0.25) is 0 Å². The van der Waals surface area contributed by atoms with Crippen LogP contribution in [0.25, 0.3) is 33.9 Å². The van der Waals surface area contributed by atoms with Gasteiger partial charge in [0.2, 0.25) is 11.4 Å². The second kappa shape index (κ2) is 9.06. The van der Waals surface area contributed by atoms with E-state index in [1.165, 1.54) is 0 Å². The van der Waals surface area contributed by atoms with Gasteiger partial charge in [-0.05, 0) is 38.1 Å². The molecule has 2 aromatic heterocycles. The Labute approximate surface area is 201 Å². The zero-order chi connectivity index (χ0) is 24.6. The first-order chi connectivity index (χ1) is 16.2. The molecule has 34 heavy (non-hydrogen) atoms. The molecule has 0 atom stereocenters. The van der Waals surface area contributed by atoms with Crippen molar-refractivity contribution >= 4 is 11.4 Å². The molecule has 0 saturated carbocycles. The molecule has 4 rings (SSSR count). The molecule has 0 aliphatic rings. The Bertz CT molecular complexity index is 1230. The molecule has 0 N–H and O–H groups in total. The lowest BCUT2D eigenvalue weighted by Gasteiger charge is -2.23. The van der Waals surface area contributed by atoms with E-state index in [0.29, 0.717) is 22.8 Å². The van der Waals surface area contributed by atoms with Crippen LogP contribution >= 0.6 is 0 Å². The highest BCUT2D eigenvalue weighted by Crippen LogP contribution is 2.35. The first kappa shape index (κ1) is 23.1. The van der Waals surface area contributed by atoms with Crippen molar-refractivity contribution < 1.29 is 9.46 Å². The summed E-state index contributed by atoms with van der Waals surface area (Å²) in [5, 5.41) is 27.9. The number of benzene rings is 2. The van der Waals surface area contributed by atoms with Crippen LogP contribution in [0.1, 0.15) is 11.1 Å². The third kappa shape index (κ3) is 3.92. The largest absolute Gasteiger partial charge is 0.618 e. The molecule has 0 saturated heterocycles. The third-order valence-electron chi connectivity index (χ3n) is 6.20. The Hall–Kier alpha value is -4.06. The van der Waals surface area contributed by atoms with Crippen LogP contribution in [0, 0.1) is 24.3 Å². The SMILES string of the molecule is Cc1c(N(C)C)cc(-c2ccccc2)[n+]([O-])c1-c1c(C)c(N(C)C)cc(-c2ccccc2)[n+]1[O-]. The number of pyridine rings is 2. The van der Waals surface area contributed by atoms with Gasteiger partial charge in [0.15, 0.2) is 0 Å². The highest BCUT2D eigenvalue weighted by molar-refractivity contribution is 5.76. The molecule has 0 unspecified atom stereocenters. The van der Waals surface area contributed by atoms with E-state index in [1.54, 1.807) is 0 Å². The van der Waals surface area contributed by atoms with Crippen LogP contribution in [-0.4, -0.2) is 28.2 Å². The number of rotatable bonds is 5. The number of hydrogen-bond acceptors (Lipinski definition) is 4. The van der Waals surface area contributed by atoms with Gasteiger partial charge in [-0.1, -0.05) is 36.4 Å². The average molecular weight is 455 g/mol. The fourth-order valence-electron chi connectivity index (χ4n) is 4.48. The quantitative estimate of drug-likeness (QED) is 0.324. The lowest BCUT2D eigenvalue weighted by molar-refractivity contribution is -0.614. The Balaban J connectivity index is 2.14. The lowest BCUT2D eigenvalue weighted by atomic mass is 9.99. The van der Waals surface area contributed by atoms with Crippen LogP contribution in [0.15, 0.2) is 72.8 Å². The molecule has 4 aromatic rings. The minimum atomic E-state index is 0.360. The minimum Gasteiger partial charge on any atom is -0.618 e. The van der Waals surface area contributed by atoms with E-state index < -0.39 is 0 Å². The second-order valence-electron chi connectivity index (χ2n) is 8.89. The summed E-state index contributed by atoms with van der Waals surface area (Å²) in [5.74, 6) is 0. The van der Waals surface area contributed by atoms with Crippen molar-refractivity contribution in [3.63, 3.8) is 0 Å². The minimum absolute atomic E-state index is 0.360. The molecule has 6 heteroatoms. The molecule has 0 aliphatic heterocycles. The predicted molar refractivity (Wildman–Crippen MR) is 139 cm³/mol. The first-order valence-corrected chi connectivity index (χ1v) is 11.2. The van der Waals surface area contributed by atoms with E-state index in [4.69, 9.17) is 0 Å². The van der Waals surface area contributed by atoms with Gasteiger partial charge in [-0.25, -0.2) is 0 Å². The molecular weight excluding hydrogens is 424 g/mol. The smallest absolute Gasteiger partial charge is 0.295 e. The zero-order valence-corrected chi connectivity index (χ0v) is 20.5. The van der Waals surface area contributed by atoms with Gasteiger partial charge in [-0.15, -0.1) is 0 Å². The van der Waals surface area contributed by atoms with Gasteiger partial charge < -0.3 is 20.2 Å². The van der Waals surface area contributed by atoms with E-state index in [9.17, 15) is 10.4 Å². The fraction of sp³-hybridized carbons (Fsp3) is 0.214. The van der Waals surface area contributed by atoms with Gasteiger partial charge in [0.05, 0.1) is 22.5 Å². The average Bonchev–Trinajstić information content (AvgIpc) is 2.82. The van der Waals surface area contributed by atoms with Gasteiger partial charge >= 0.3 is 0 Å². The molecule has 0 fully saturated rings. The maximum Gasteiger partial charge on any atom is 0.295 e. The Morgan fingerprint density at radius 3 is 1.18 bits per heavy atom. The van der Waals surface area contributed by atoms with E-state index in [-0.39, 0.29) is 0 Å². The van der Waals surface area contributed by atoms with Crippen LogP contribution in [0.5, 0.6) is 0 Å². The van der Waals surface area contributed by atoms with Gasteiger partial charge in [-0.2, -0.15) is 9.46 Å². The van der Waals surface area contributed by atoms with Gasteiger partial charge in [0.1, 0.15) is 0 Å². The van der Waals surface area contributed by atoms with Crippen molar-refractivity contribution in [3.05, 3.63) is 94.3 Å². The van der Waals surface area contributed by atoms with Crippen LogP contribution < -0.4 is 19.3 Å². The fourth-order valence-corrected chi connectivity index (χ4v) is 4.48. The topological polar surface area (TPSA) is 60.4 Å². The first-order valence-electron chi connectivity index (χ1n) is 11.2. The molecule has 0 radical (unpaired) electrons. The molecule has 2 heterocycles. The molecule has 6 nitrogen and oxygen atoms in total. The maximum atomic E-state index is 13.9. The van der Waals surface area contributed by atoms with Crippen molar-refractivity contribution in [2.24, 2.45) is 0 Å². The standard InChI is InChI=1S/C28H30N4O2/c1-19-23(29(3)4)17-25(21-13-9-7-10-14-21)31(33)27(19)28-20(2)24(30(5)6)18-26(32(28)34)22-15-11-8-12-16-22/h7-18H,1-6H3. The van der Waals surface area contributed by atoms with E-state index in [1.807, 2.05) is 125 Å². The summed E-state index contributed by atoms with van der Waals surface area (Å²) in [6.07, 6.45) is 0. The summed E-state index contributed by atoms with van der Waals surface area (Å²) in [6, 6.07) is 22.9. The van der Waals surface area contributed by atoms with Crippen molar-refractivity contribution in [2.75, 3.05) is 38.0 Å². The molecule has 0 amide bonds. The van der Waals surface area contributed by atoms with E-state index in [2.05, 4.69) is 0 Å². The van der Waals surface area contributed by atoms with Crippen LogP contribution in [0.4, 0.5) is 11.4 Å². The van der Waals surface area contributed by atoms with E-state index >= 15 is 0 Å². The van der Waals surface area contributed by atoms with Gasteiger partial charge in [0, 0.05) is 51.5 Å². The van der Waals surface area contributed by atoms with Crippen molar-refractivity contribution in [3.8, 4) is 33.9 Å². The summed E-state index contributed by atoms with van der Waals surface area (Å²) in [4.78, 5) is 3.95. The molecular formula is C28H30N4O2. The zero-order valence-electron chi connectivity index (χ0n) is 20.5. The summed E-state index contributed by atoms with van der Waals surface area (Å²) < 4.78 is 1.81. The lowest BCUT2D eigenvalue weighted by Crippen LogP contribution is -2.42. The molecule has 0 bridgehead atoms. The normalized spacial score (nSPS) is 10.9.